The minimum Gasteiger partial charge on any atom is -0.378 e. The van der Waals surface area contributed by atoms with E-state index < -0.39 is 12.0 Å². The molecule has 3 atom stereocenters. The number of nitrogens with zero attached hydrogens (tertiary/aromatic N) is 3. The van der Waals surface area contributed by atoms with E-state index in [1.54, 1.807) is 7.05 Å². The average Bonchev–Trinajstić information content (AvgIpc) is 3.15. The average molecular weight is 364 g/mol. The van der Waals surface area contributed by atoms with Crippen LogP contribution in [0.5, 0.6) is 0 Å². The zero-order chi connectivity index (χ0) is 19.1. The van der Waals surface area contributed by atoms with Gasteiger partial charge in [0, 0.05) is 33.4 Å². The Morgan fingerprint density at radius 1 is 0.963 bits per heavy atom. The van der Waals surface area contributed by atoms with Crippen LogP contribution in [0.25, 0.3) is 0 Å². The highest BCUT2D eigenvalue weighted by molar-refractivity contribution is 6.07. The third-order valence-corrected chi connectivity index (χ3v) is 5.50. The van der Waals surface area contributed by atoms with Crippen molar-refractivity contribution in [2.75, 3.05) is 26.0 Å². The number of hydrogen-bond donors (Lipinski definition) is 1. The summed E-state index contributed by atoms with van der Waals surface area (Å²) in [6.45, 7) is 0.571. The maximum absolute atomic E-state index is 12.8. The molecule has 4 rings (SSSR count). The van der Waals surface area contributed by atoms with Crippen LogP contribution in [0, 0.1) is 5.92 Å². The van der Waals surface area contributed by atoms with E-state index in [2.05, 4.69) is 5.43 Å². The van der Waals surface area contributed by atoms with Crippen LogP contribution in [0.1, 0.15) is 17.2 Å². The Morgan fingerprint density at radius 2 is 1.63 bits per heavy atom. The topological polar surface area (TPSA) is 55.9 Å². The molecule has 2 heterocycles. The third kappa shape index (κ3) is 3.01. The van der Waals surface area contributed by atoms with Gasteiger partial charge in [0.15, 0.2) is 0 Å². The lowest BCUT2D eigenvalue weighted by Gasteiger charge is -2.24. The summed E-state index contributed by atoms with van der Waals surface area (Å²) in [6, 6.07) is 17.4. The Morgan fingerprint density at radius 3 is 2.26 bits per heavy atom. The van der Waals surface area contributed by atoms with Gasteiger partial charge in [0.25, 0.3) is 0 Å². The number of likely N-dealkylation sites (N-methyl/N-ethyl adjacent to an activating group) is 1. The van der Waals surface area contributed by atoms with Crippen molar-refractivity contribution in [3.8, 4) is 0 Å². The van der Waals surface area contributed by atoms with Crippen molar-refractivity contribution in [3.63, 3.8) is 0 Å². The molecule has 6 nitrogen and oxygen atoms in total. The smallest absolute Gasteiger partial charge is 0.248 e. The molecular weight excluding hydrogens is 340 g/mol. The molecule has 0 radical (unpaired) electrons. The molecule has 2 amide bonds. The summed E-state index contributed by atoms with van der Waals surface area (Å²) in [5.41, 5.74) is 6.65. The number of carbonyl (C=O) groups is 2. The zero-order valence-electron chi connectivity index (χ0n) is 15.8. The van der Waals surface area contributed by atoms with Crippen molar-refractivity contribution in [2.45, 2.75) is 18.6 Å². The van der Waals surface area contributed by atoms with E-state index in [0.717, 1.165) is 16.8 Å². The summed E-state index contributed by atoms with van der Waals surface area (Å²) in [5, 5.41) is 1.92. The second-order valence-corrected chi connectivity index (χ2v) is 7.41. The maximum Gasteiger partial charge on any atom is 0.248 e. The standard InChI is InChI=1S/C21H24N4O2/c1-23(2)16-11-9-15(10-12-16)18-17-19(21(27)24(3)20(17)26)25(22-18)13-14-7-5-4-6-8-14/h4-12,17-19,22H,13H2,1-3H3/t17-,18+,19+/m0/s1. The van der Waals surface area contributed by atoms with Crippen molar-refractivity contribution >= 4 is 17.5 Å². The molecule has 2 aromatic rings. The molecule has 2 aromatic carbocycles. The number of rotatable bonds is 4. The predicted octanol–water partition coefficient (Wildman–Crippen LogP) is 1.80. The van der Waals surface area contributed by atoms with Crippen LogP contribution >= 0.6 is 0 Å². The SMILES string of the molecule is CN1C(=O)[C@H]2[C@@H](c3ccc(N(C)C)cc3)NN(Cc3ccccc3)[C@H]2C1=O. The molecule has 0 bridgehead atoms. The number of carbonyl (C=O) groups excluding carboxylic acids is 2. The Balaban J connectivity index is 1.66. The van der Waals surface area contributed by atoms with Gasteiger partial charge in [-0.2, -0.15) is 0 Å². The zero-order valence-corrected chi connectivity index (χ0v) is 15.8. The van der Waals surface area contributed by atoms with E-state index in [0.29, 0.717) is 6.54 Å². The van der Waals surface area contributed by atoms with Crippen molar-refractivity contribution in [2.24, 2.45) is 5.92 Å². The number of likely N-dealkylation sites (tertiary alicyclic amines) is 1. The van der Waals surface area contributed by atoms with Gasteiger partial charge >= 0.3 is 0 Å². The summed E-state index contributed by atoms with van der Waals surface area (Å²) in [4.78, 5) is 28.8. The van der Waals surface area contributed by atoms with Gasteiger partial charge in [0.1, 0.15) is 6.04 Å². The van der Waals surface area contributed by atoms with E-state index in [-0.39, 0.29) is 17.9 Å². The van der Waals surface area contributed by atoms with Crippen LogP contribution in [0.3, 0.4) is 0 Å². The fraction of sp³-hybridized carbons (Fsp3) is 0.333. The van der Waals surface area contributed by atoms with Crippen LogP contribution in [0.15, 0.2) is 54.6 Å². The second-order valence-electron chi connectivity index (χ2n) is 7.41. The number of nitrogens with one attached hydrogen (secondary N) is 1. The van der Waals surface area contributed by atoms with E-state index in [9.17, 15) is 9.59 Å². The van der Waals surface area contributed by atoms with Crippen molar-refractivity contribution in [3.05, 3.63) is 65.7 Å². The highest BCUT2D eigenvalue weighted by Gasteiger charge is 2.57. The van der Waals surface area contributed by atoms with Gasteiger partial charge < -0.3 is 4.90 Å². The Kier molecular flexibility index (Phi) is 4.45. The monoisotopic (exact) mass is 364 g/mol. The first-order valence-electron chi connectivity index (χ1n) is 9.13. The van der Waals surface area contributed by atoms with Gasteiger partial charge in [-0.25, -0.2) is 10.4 Å². The molecule has 2 fully saturated rings. The molecule has 2 aliphatic rings. The molecular formula is C21H24N4O2. The first-order chi connectivity index (χ1) is 13.0. The molecule has 0 spiro atoms. The second kappa shape index (κ2) is 6.79. The molecule has 6 heteroatoms. The summed E-state index contributed by atoms with van der Waals surface area (Å²) in [6.07, 6.45) is 0. The highest BCUT2D eigenvalue weighted by Crippen LogP contribution is 2.40. The largest absolute Gasteiger partial charge is 0.378 e. The number of hydrogen-bond acceptors (Lipinski definition) is 5. The Labute approximate surface area is 159 Å². The van der Waals surface area contributed by atoms with Gasteiger partial charge in [-0.15, -0.1) is 0 Å². The molecule has 0 aromatic heterocycles. The van der Waals surface area contributed by atoms with E-state index in [1.807, 2.05) is 78.6 Å². The minimum atomic E-state index is -0.471. The summed E-state index contributed by atoms with van der Waals surface area (Å²) in [5.74, 6) is -0.660. The first kappa shape index (κ1) is 17.7. The molecule has 0 aliphatic carbocycles. The van der Waals surface area contributed by atoms with Crippen LogP contribution in [-0.4, -0.2) is 48.9 Å². The summed E-state index contributed by atoms with van der Waals surface area (Å²) < 4.78 is 0. The van der Waals surface area contributed by atoms with Gasteiger partial charge in [-0.3, -0.25) is 14.5 Å². The number of hydrazine groups is 1. The van der Waals surface area contributed by atoms with E-state index >= 15 is 0 Å². The molecule has 140 valence electrons. The van der Waals surface area contributed by atoms with E-state index in [1.165, 1.54) is 4.90 Å². The molecule has 2 aliphatic heterocycles. The lowest BCUT2D eigenvalue weighted by atomic mass is 9.90. The summed E-state index contributed by atoms with van der Waals surface area (Å²) >= 11 is 0. The third-order valence-electron chi connectivity index (χ3n) is 5.50. The van der Waals surface area contributed by atoms with E-state index in [4.69, 9.17) is 0 Å². The van der Waals surface area contributed by atoms with Crippen LogP contribution < -0.4 is 10.3 Å². The van der Waals surface area contributed by atoms with Gasteiger partial charge in [0.2, 0.25) is 11.8 Å². The Hall–Kier alpha value is -2.70. The normalized spacial score (nSPS) is 25.1. The quantitative estimate of drug-likeness (QED) is 0.839. The first-order valence-corrected chi connectivity index (χ1v) is 9.13. The molecule has 1 N–H and O–H groups in total. The van der Waals surface area contributed by atoms with Crippen LogP contribution in [0.4, 0.5) is 5.69 Å². The highest BCUT2D eigenvalue weighted by atomic mass is 16.2. The van der Waals surface area contributed by atoms with Gasteiger partial charge in [-0.05, 0) is 23.3 Å². The number of benzene rings is 2. The number of fused-ring (bicyclic) bond motifs is 1. The predicted molar refractivity (Wildman–Crippen MR) is 104 cm³/mol. The summed E-state index contributed by atoms with van der Waals surface area (Å²) in [7, 11) is 5.57. The molecule has 27 heavy (non-hydrogen) atoms. The number of anilines is 1. The van der Waals surface area contributed by atoms with Crippen molar-refractivity contribution in [1.82, 2.24) is 15.3 Å². The lowest BCUT2D eigenvalue weighted by Crippen LogP contribution is -2.43. The minimum absolute atomic E-state index is 0.116. The fourth-order valence-electron chi connectivity index (χ4n) is 4.00. The lowest BCUT2D eigenvalue weighted by molar-refractivity contribution is -0.139. The molecule has 0 unspecified atom stereocenters. The molecule has 0 saturated carbocycles. The number of amides is 2. The van der Waals surface area contributed by atoms with Gasteiger partial charge in [-0.1, -0.05) is 42.5 Å². The van der Waals surface area contributed by atoms with Crippen LogP contribution in [-0.2, 0) is 16.1 Å². The number of imide groups is 1. The van der Waals surface area contributed by atoms with Crippen LogP contribution in [0.2, 0.25) is 0 Å². The van der Waals surface area contributed by atoms with Crippen molar-refractivity contribution < 1.29 is 9.59 Å². The molecule has 2 saturated heterocycles. The maximum atomic E-state index is 12.8. The van der Waals surface area contributed by atoms with Crippen molar-refractivity contribution in [1.29, 1.82) is 0 Å². The fourth-order valence-corrected chi connectivity index (χ4v) is 4.00. The van der Waals surface area contributed by atoms with Gasteiger partial charge in [0.05, 0.1) is 12.0 Å². The Bertz CT molecular complexity index is 850.